The van der Waals surface area contributed by atoms with Gasteiger partial charge in [0.2, 0.25) is 0 Å². The normalized spacial score (nSPS) is 20.2. The molecule has 4 rings (SSSR count). The molecule has 0 saturated carbocycles. The first-order valence-corrected chi connectivity index (χ1v) is 10.7. The summed E-state index contributed by atoms with van der Waals surface area (Å²) in [5.41, 5.74) is 3.00. The fourth-order valence-electron chi connectivity index (χ4n) is 4.03. The average Bonchev–Trinajstić information content (AvgIpc) is 2.81. The fraction of sp³-hybridized carbons (Fsp3) is 0.478. The van der Waals surface area contributed by atoms with E-state index in [2.05, 4.69) is 33.1 Å². The van der Waals surface area contributed by atoms with Crippen molar-refractivity contribution < 1.29 is 14.6 Å². The summed E-state index contributed by atoms with van der Waals surface area (Å²) >= 11 is 0. The number of carbonyl (C=O) groups excluding carboxylic acids is 1. The van der Waals surface area contributed by atoms with Gasteiger partial charge in [-0.05, 0) is 48.4 Å². The van der Waals surface area contributed by atoms with E-state index in [0.717, 1.165) is 51.4 Å². The highest BCUT2D eigenvalue weighted by atomic mass is 16.5. The van der Waals surface area contributed by atoms with Crippen LogP contribution in [0.2, 0.25) is 0 Å². The van der Waals surface area contributed by atoms with E-state index < -0.39 is 6.10 Å². The number of aliphatic hydroxyl groups is 1. The highest BCUT2D eigenvalue weighted by Gasteiger charge is 2.24. The maximum absolute atomic E-state index is 12.4. The summed E-state index contributed by atoms with van der Waals surface area (Å²) in [4.78, 5) is 16.8. The number of aromatic nitrogens is 1. The predicted molar refractivity (Wildman–Crippen MR) is 115 cm³/mol. The van der Waals surface area contributed by atoms with Crippen molar-refractivity contribution in [1.82, 2.24) is 15.6 Å². The monoisotopic (exact) mass is 410 g/mol. The Hall–Kier alpha value is -2.48. The molecule has 1 aromatic heterocycles. The maximum Gasteiger partial charge on any atom is 0.252 e. The number of rotatable bonds is 7. The third-order valence-electron chi connectivity index (χ3n) is 5.99. The summed E-state index contributed by atoms with van der Waals surface area (Å²) < 4.78 is 5.38. The molecular weight excluding hydrogens is 380 g/mol. The summed E-state index contributed by atoms with van der Waals surface area (Å²) in [6.07, 6.45) is 3.80. The lowest BCUT2D eigenvalue weighted by molar-refractivity contribution is 0.0699. The number of carbonyl (C=O) groups is 1. The number of fused-ring (bicyclic) bond motifs is 1. The van der Waals surface area contributed by atoms with Crippen LogP contribution in [0.15, 0.2) is 42.6 Å². The van der Waals surface area contributed by atoms with Gasteiger partial charge in [-0.1, -0.05) is 24.3 Å². The number of amides is 1. The van der Waals surface area contributed by atoms with E-state index >= 15 is 0 Å². The van der Waals surface area contributed by atoms with Gasteiger partial charge in [-0.15, -0.1) is 0 Å². The van der Waals surface area contributed by atoms with Crippen LogP contribution < -0.4 is 16.0 Å². The molecule has 2 unspecified atom stereocenters. The van der Waals surface area contributed by atoms with Crippen LogP contribution in [0, 0.1) is 5.92 Å². The van der Waals surface area contributed by atoms with Crippen molar-refractivity contribution in [2.24, 2.45) is 5.92 Å². The van der Waals surface area contributed by atoms with E-state index in [1.807, 2.05) is 18.2 Å². The standard InChI is InChI=1S/C23H30N4O3/c28-21(20-11-17-3-1-2-4-18(17)13-24-20)15-27-23(29)19-5-6-22(26-14-19)25-12-16-7-9-30-10-8-16/h1-6,14,16,20-21,24,28H,7-13,15H2,(H,25,26)(H,27,29). The molecule has 1 fully saturated rings. The molecule has 0 aliphatic carbocycles. The molecule has 4 N–H and O–H groups in total. The van der Waals surface area contributed by atoms with Crippen molar-refractivity contribution in [3.05, 3.63) is 59.3 Å². The van der Waals surface area contributed by atoms with Gasteiger partial charge in [0.05, 0.1) is 11.7 Å². The van der Waals surface area contributed by atoms with Gasteiger partial charge in [-0.3, -0.25) is 4.79 Å². The van der Waals surface area contributed by atoms with Crippen molar-refractivity contribution in [3.8, 4) is 0 Å². The van der Waals surface area contributed by atoms with Crippen LogP contribution in [-0.4, -0.2) is 54.4 Å². The van der Waals surface area contributed by atoms with Crippen LogP contribution in [0.4, 0.5) is 5.82 Å². The molecular formula is C23H30N4O3. The smallest absolute Gasteiger partial charge is 0.252 e. The number of pyridine rings is 1. The number of aliphatic hydroxyl groups excluding tert-OH is 1. The lowest BCUT2D eigenvalue weighted by atomic mass is 9.93. The van der Waals surface area contributed by atoms with E-state index in [4.69, 9.17) is 4.74 Å². The maximum atomic E-state index is 12.4. The molecule has 2 aromatic rings. The number of nitrogens with zero attached hydrogens (tertiary/aromatic N) is 1. The van der Waals surface area contributed by atoms with E-state index in [1.165, 1.54) is 11.1 Å². The first kappa shape index (κ1) is 20.8. The second kappa shape index (κ2) is 10.0. The third kappa shape index (κ3) is 5.36. The molecule has 30 heavy (non-hydrogen) atoms. The lowest BCUT2D eigenvalue weighted by Gasteiger charge is -2.30. The molecule has 0 spiro atoms. The van der Waals surface area contributed by atoms with Crippen LogP contribution >= 0.6 is 0 Å². The van der Waals surface area contributed by atoms with Crippen molar-refractivity contribution in [1.29, 1.82) is 0 Å². The van der Waals surface area contributed by atoms with Gasteiger partial charge >= 0.3 is 0 Å². The Morgan fingerprint density at radius 1 is 1.20 bits per heavy atom. The summed E-state index contributed by atoms with van der Waals surface area (Å²) in [7, 11) is 0. The van der Waals surface area contributed by atoms with Gasteiger partial charge in [0.25, 0.3) is 5.91 Å². The number of anilines is 1. The first-order chi connectivity index (χ1) is 14.7. The number of hydrogen-bond donors (Lipinski definition) is 4. The van der Waals surface area contributed by atoms with Crippen LogP contribution in [0.1, 0.15) is 34.3 Å². The molecule has 3 heterocycles. The summed E-state index contributed by atoms with van der Waals surface area (Å²) in [5, 5.41) is 20.0. The molecule has 7 heteroatoms. The minimum atomic E-state index is -0.657. The van der Waals surface area contributed by atoms with Crippen LogP contribution in [0.5, 0.6) is 0 Å². The van der Waals surface area contributed by atoms with Gasteiger partial charge in [0.15, 0.2) is 0 Å². The highest BCUT2D eigenvalue weighted by molar-refractivity contribution is 5.94. The van der Waals surface area contributed by atoms with Crippen molar-refractivity contribution in [3.63, 3.8) is 0 Å². The van der Waals surface area contributed by atoms with E-state index in [9.17, 15) is 9.90 Å². The third-order valence-corrected chi connectivity index (χ3v) is 5.99. The van der Waals surface area contributed by atoms with Crippen molar-refractivity contribution in [2.45, 2.75) is 38.0 Å². The van der Waals surface area contributed by atoms with E-state index in [-0.39, 0.29) is 18.5 Å². The number of hydrogen-bond acceptors (Lipinski definition) is 6. The van der Waals surface area contributed by atoms with Gasteiger partial charge in [0.1, 0.15) is 5.82 Å². The van der Waals surface area contributed by atoms with E-state index in [0.29, 0.717) is 11.5 Å². The SMILES string of the molecule is O=C(NCC(O)C1Cc2ccccc2CN1)c1ccc(NCC2CCOCC2)nc1. The Labute approximate surface area is 177 Å². The lowest BCUT2D eigenvalue weighted by Crippen LogP contribution is -2.49. The summed E-state index contributed by atoms with van der Waals surface area (Å²) in [6.45, 7) is 3.45. The molecule has 1 aromatic carbocycles. The summed E-state index contributed by atoms with van der Waals surface area (Å²) in [6, 6.07) is 11.7. The Bertz CT molecular complexity index is 837. The molecule has 2 aliphatic heterocycles. The highest BCUT2D eigenvalue weighted by Crippen LogP contribution is 2.18. The van der Waals surface area contributed by atoms with Crippen LogP contribution in [-0.2, 0) is 17.7 Å². The van der Waals surface area contributed by atoms with Crippen LogP contribution in [0.3, 0.4) is 0 Å². The fourth-order valence-corrected chi connectivity index (χ4v) is 4.03. The second-order valence-corrected chi connectivity index (χ2v) is 8.11. The number of nitrogens with one attached hydrogen (secondary N) is 3. The topological polar surface area (TPSA) is 95.5 Å². The van der Waals surface area contributed by atoms with Gasteiger partial charge in [0, 0.05) is 45.1 Å². The van der Waals surface area contributed by atoms with Gasteiger partial charge < -0.3 is 25.8 Å². The number of ether oxygens (including phenoxy) is 1. The molecule has 1 saturated heterocycles. The first-order valence-electron chi connectivity index (χ1n) is 10.7. The zero-order valence-corrected chi connectivity index (χ0v) is 17.1. The van der Waals surface area contributed by atoms with Crippen LogP contribution in [0.25, 0.3) is 0 Å². The second-order valence-electron chi connectivity index (χ2n) is 8.11. The quantitative estimate of drug-likeness (QED) is 0.555. The Kier molecular flexibility index (Phi) is 6.94. The molecule has 0 radical (unpaired) electrons. The average molecular weight is 411 g/mol. The molecule has 0 bridgehead atoms. The largest absolute Gasteiger partial charge is 0.390 e. The molecule has 7 nitrogen and oxygen atoms in total. The minimum Gasteiger partial charge on any atom is -0.390 e. The molecule has 2 atom stereocenters. The Morgan fingerprint density at radius 3 is 2.77 bits per heavy atom. The van der Waals surface area contributed by atoms with E-state index in [1.54, 1.807) is 12.3 Å². The zero-order chi connectivity index (χ0) is 20.8. The Balaban J connectivity index is 1.23. The summed E-state index contributed by atoms with van der Waals surface area (Å²) in [5.74, 6) is 1.14. The van der Waals surface area contributed by atoms with Gasteiger partial charge in [-0.25, -0.2) is 4.98 Å². The molecule has 1 amide bonds. The van der Waals surface area contributed by atoms with Crippen molar-refractivity contribution >= 4 is 11.7 Å². The zero-order valence-electron chi connectivity index (χ0n) is 17.1. The van der Waals surface area contributed by atoms with Gasteiger partial charge in [-0.2, -0.15) is 0 Å². The predicted octanol–water partition coefficient (Wildman–Crippen LogP) is 1.73. The Morgan fingerprint density at radius 2 is 2.00 bits per heavy atom. The molecule has 2 aliphatic rings. The molecule has 160 valence electrons. The van der Waals surface area contributed by atoms with Crippen molar-refractivity contribution in [2.75, 3.05) is 31.6 Å². The minimum absolute atomic E-state index is 0.0740. The number of benzene rings is 1.